The normalized spacial score (nSPS) is 9.94. The average molecular weight is 230 g/mol. The lowest BCUT2D eigenvalue weighted by molar-refractivity contribution is 0.0921. The van der Waals surface area contributed by atoms with Crippen molar-refractivity contribution in [2.75, 3.05) is 6.61 Å². The Hall–Kier alpha value is -2.16. The molecule has 2 aromatic carbocycles. The Bertz CT molecular complexity index is 491. The molecule has 0 unspecified atom stereocenters. The van der Waals surface area contributed by atoms with Gasteiger partial charge in [0.15, 0.2) is 12.4 Å². The molecule has 0 heterocycles. The van der Waals surface area contributed by atoms with Crippen molar-refractivity contribution in [2.45, 2.75) is 0 Å². The highest BCUT2D eigenvalue weighted by Gasteiger charge is 2.05. The van der Waals surface area contributed by atoms with Gasteiger partial charge in [0.2, 0.25) is 0 Å². The van der Waals surface area contributed by atoms with Gasteiger partial charge in [-0.15, -0.1) is 0 Å². The lowest BCUT2D eigenvalue weighted by Gasteiger charge is -2.05. The fourth-order valence-electron chi connectivity index (χ4n) is 1.39. The van der Waals surface area contributed by atoms with Gasteiger partial charge in [-0.25, -0.2) is 4.39 Å². The number of Topliss-reactive ketones (excluding diaryl/α,β-unsaturated/α-hetero) is 1. The molecule has 0 saturated carbocycles. The summed E-state index contributed by atoms with van der Waals surface area (Å²) in [4.78, 5) is 11.7. The summed E-state index contributed by atoms with van der Waals surface area (Å²) < 4.78 is 17.9. The van der Waals surface area contributed by atoms with Crippen molar-refractivity contribution >= 4 is 5.78 Å². The van der Waals surface area contributed by atoms with Gasteiger partial charge in [-0.05, 0) is 24.3 Å². The third-order valence-electron chi connectivity index (χ3n) is 2.28. The fourth-order valence-corrected chi connectivity index (χ4v) is 1.39. The van der Waals surface area contributed by atoms with Gasteiger partial charge in [0.05, 0.1) is 0 Å². The highest BCUT2D eigenvalue weighted by atomic mass is 19.1. The Labute approximate surface area is 98.7 Å². The van der Waals surface area contributed by atoms with Crippen LogP contribution in [-0.4, -0.2) is 12.4 Å². The molecule has 3 heteroatoms. The van der Waals surface area contributed by atoms with Gasteiger partial charge >= 0.3 is 0 Å². The van der Waals surface area contributed by atoms with Crippen molar-refractivity contribution in [3.05, 3.63) is 66.0 Å². The van der Waals surface area contributed by atoms with Gasteiger partial charge in [-0.2, -0.15) is 0 Å². The first-order chi connectivity index (χ1) is 8.25. The summed E-state index contributed by atoms with van der Waals surface area (Å²) in [6, 6.07) is 14.5. The van der Waals surface area contributed by atoms with Crippen molar-refractivity contribution in [1.82, 2.24) is 0 Å². The van der Waals surface area contributed by atoms with Crippen molar-refractivity contribution in [2.24, 2.45) is 0 Å². The van der Waals surface area contributed by atoms with Gasteiger partial charge < -0.3 is 4.74 Å². The third kappa shape index (κ3) is 3.14. The van der Waals surface area contributed by atoms with Crippen LogP contribution in [0, 0.1) is 5.82 Å². The van der Waals surface area contributed by atoms with Crippen LogP contribution in [-0.2, 0) is 0 Å². The molecule has 0 aliphatic carbocycles. The Balaban J connectivity index is 1.95. The number of carbonyl (C=O) groups excluding carboxylic acids is 1. The van der Waals surface area contributed by atoms with Crippen molar-refractivity contribution < 1.29 is 13.9 Å². The number of halogens is 1. The van der Waals surface area contributed by atoms with Gasteiger partial charge in [0.25, 0.3) is 0 Å². The quantitative estimate of drug-likeness (QED) is 0.754. The first kappa shape index (κ1) is 11.3. The Morgan fingerprint density at radius 3 is 2.29 bits per heavy atom. The summed E-state index contributed by atoms with van der Waals surface area (Å²) in [7, 11) is 0. The Kier molecular flexibility index (Phi) is 3.50. The van der Waals surface area contributed by atoms with E-state index in [-0.39, 0.29) is 18.2 Å². The number of hydrogen-bond donors (Lipinski definition) is 0. The van der Waals surface area contributed by atoms with Crippen LogP contribution < -0.4 is 4.74 Å². The molecule has 0 aliphatic heterocycles. The van der Waals surface area contributed by atoms with E-state index in [4.69, 9.17) is 4.74 Å². The van der Waals surface area contributed by atoms with Gasteiger partial charge in [-0.3, -0.25) is 4.79 Å². The lowest BCUT2D eigenvalue weighted by atomic mass is 10.1. The highest BCUT2D eigenvalue weighted by molar-refractivity contribution is 5.97. The average Bonchev–Trinajstić information content (AvgIpc) is 2.39. The number of rotatable bonds is 4. The molecular formula is C14H11FO2. The molecule has 0 radical (unpaired) electrons. The van der Waals surface area contributed by atoms with Crippen LogP contribution in [0.5, 0.6) is 5.75 Å². The maximum atomic E-state index is 12.6. The minimum Gasteiger partial charge on any atom is -0.485 e. The minimum atomic E-state index is -0.327. The zero-order valence-electron chi connectivity index (χ0n) is 9.10. The molecule has 2 nitrogen and oxygen atoms in total. The molecule has 0 spiro atoms. The van der Waals surface area contributed by atoms with E-state index >= 15 is 0 Å². The first-order valence-electron chi connectivity index (χ1n) is 5.22. The monoisotopic (exact) mass is 230 g/mol. The van der Waals surface area contributed by atoms with Gasteiger partial charge in [-0.1, -0.05) is 30.3 Å². The van der Waals surface area contributed by atoms with Crippen molar-refractivity contribution in [1.29, 1.82) is 0 Å². The standard InChI is InChI=1S/C14H11FO2/c15-12-6-8-13(9-7-12)17-10-14(16)11-4-2-1-3-5-11/h1-9H,10H2. The Morgan fingerprint density at radius 1 is 1.00 bits per heavy atom. The molecule has 0 bridgehead atoms. The zero-order chi connectivity index (χ0) is 12.1. The van der Waals surface area contributed by atoms with Crippen LogP contribution in [0.4, 0.5) is 4.39 Å². The van der Waals surface area contributed by atoms with E-state index in [9.17, 15) is 9.18 Å². The molecule has 0 fully saturated rings. The van der Waals surface area contributed by atoms with Crippen LogP contribution in [0.1, 0.15) is 10.4 Å². The minimum absolute atomic E-state index is 0.0460. The molecule has 0 amide bonds. The predicted molar refractivity (Wildman–Crippen MR) is 62.7 cm³/mol. The fraction of sp³-hybridized carbons (Fsp3) is 0.0714. The summed E-state index contributed by atoms with van der Waals surface area (Å²) >= 11 is 0. The highest BCUT2D eigenvalue weighted by Crippen LogP contribution is 2.11. The first-order valence-corrected chi connectivity index (χ1v) is 5.22. The topological polar surface area (TPSA) is 26.3 Å². The van der Waals surface area contributed by atoms with Crippen LogP contribution in [0.3, 0.4) is 0 Å². The summed E-state index contributed by atoms with van der Waals surface area (Å²) in [5.74, 6) is 0.0531. The van der Waals surface area contributed by atoms with E-state index in [1.165, 1.54) is 24.3 Å². The molecular weight excluding hydrogens is 219 g/mol. The summed E-state index contributed by atoms with van der Waals surface area (Å²) in [6.45, 7) is -0.0460. The van der Waals surface area contributed by atoms with E-state index in [1.54, 1.807) is 24.3 Å². The number of hydrogen-bond acceptors (Lipinski definition) is 2. The number of benzene rings is 2. The van der Waals surface area contributed by atoms with Crippen LogP contribution in [0.15, 0.2) is 54.6 Å². The van der Waals surface area contributed by atoms with E-state index in [1.807, 2.05) is 6.07 Å². The number of carbonyl (C=O) groups is 1. The summed E-state index contributed by atoms with van der Waals surface area (Å²) in [6.07, 6.45) is 0. The largest absolute Gasteiger partial charge is 0.485 e. The third-order valence-corrected chi connectivity index (χ3v) is 2.28. The van der Waals surface area contributed by atoms with E-state index in [0.29, 0.717) is 11.3 Å². The maximum Gasteiger partial charge on any atom is 0.200 e. The molecule has 0 aliphatic rings. The second-order valence-corrected chi connectivity index (χ2v) is 3.53. The smallest absolute Gasteiger partial charge is 0.200 e. The van der Waals surface area contributed by atoms with E-state index < -0.39 is 0 Å². The second kappa shape index (κ2) is 5.25. The maximum absolute atomic E-state index is 12.6. The molecule has 2 rings (SSSR count). The predicted octanol–water partition coefficient (Wildman–Crippen LogP) is 3.09. The molecule has 86 valence electrons. The molecule has 0 N–H and O–H groups in total. The number of ketones is 1. The van der Waals surface area contributed by atoms with E-state index in [2.05, 4.69) is 0 Å². The SMILES string of the molecule is O=C(COc1ccc(F)cc1)c1ccccc1. The summed E-state index contributed by atoms with van der Waals surface area (Å²) in [5, 5.41) is 0. The molecule has 0 atom stereocenters. The molecule has 0 saturated heterocycles. The molecule has 17 heavy (non-hydrogen) atoms. The van der Waals surface area contributed by atoms with E-state index in [0.717, 1.165) is 0 Å². The Morgan fingerprint density at radius 2 is 1.65 bits per heavy atom. The summed E-state index contributed by atoms with van der Waals surface area (Å²) in [5.41, 5.74) is 0.606. The zero-order valence-corrected chi connectivity index (χ0v) is 9.10. The number of ether oxygens (including phenoxy) is 1. The van der Waals surface area contributed by atoms with Gasteiger partial charge in [0.1, 0.15) is 11.6 Å². The molecule has 2 aromatic rings. The van der Waals surface area contributed by atoms with Crippen molar-refractivity contribution in [3.8, 4) is 5.75 Å². The van der Waals surface area contributed by atoms with Crippen LogP contribution in [0.2, 0.25) is 0 Å². The lowest BCUT2D eigenvalue weighted by Crippen LogP contribution is -2.11. The van der Waals surface area contributed by atoms with Crippen molar-refractivity contribution in [3.63, 3.8) is 0 Å². The second-order valence-electron chi connectivity index (χ2n) is 3.53. The van der Waals surface area contributed by atoms with Gasteiger partial charge in [0, 0.05) is 5.56 Å². The van der Waals surface area contributed by atoms with Crippen LogP contribution in [0.25, 0.3) is 0 Å². The molecule has 0 aromatic heterocycles. The van der Waals surface area contributed by atoms with Crippen LogP contribution >= 0.6 is 0 Å².